The third-order valence-electron chi connectivity index (χ3n) is 8.60. The topological polar surface area (TPSA) is 80.9 Å². The van der Waals surface area contributed by atoms with Gasteiger partial charge in [0.2, 0.25) is 0 Å². The van der Waals surface area contributed by atoms with Crippen LogP contribution in [0.2, 0.25) is 0 Å². The van der Waals surface area contributed by atoms with Crippen LogP contribution in [0.4, 0.5) is 0 Å². The Morgan fingerprint density at radius 1 is 0.476 bits per heavy atom. The molecule has 0 fully saturated rings. The molecule has 0 amide bonds. The van der Waals surface area contributed by atoms with E-state index in [4.69, 9.17) is 0 Å². The van der Waals surface area contributed by atoms with Gasteiger partial charge in [-0.1, -0.05) is 69.3 Å². The van der Waals surface area contributed by atoms with E-state index in [1.54, 1.807) is 0 Å². The third-order valence-corrected chi connectivity index (χ3v) is 8.60. The molecule has 1 atom stereocenters. The van der Waals surface area contributed by atoms with E-state index in [0.717, 1.165) is 50.9 Å². The van der Waals surface area contributed by atoms with Crippen LogP contribution in [0.5, 0.6) is 23.0 Å². The fraction of sp³-hybridized carbons (Fsp3) is 0.368. The van der Waals surface area contributed by atoms with Crippen LogP contribution < -0.4 is 0 Å². The molecular formula is C38H48O4. The lowest BCUT2D eigenvalue weighted by Crippen LogP contribution is -2.19. The summed E-state index contributed by atoms with van der Waals surface area (Å²) in [5, 5.41) is 39.7. The summed E-state index contributed by atoms with van der Waals surface area (Å²) in [6.45, 7) is 22.0. The van der Waals surface area contributed by atoms with Gasteiger partial charge >= 0.3 is 0 Å². The van der Waals surface area contributed by atoms with Gasteiger partial charge in [-0.25, -0.2) is 0 Å². The molecule has 224 valence electrons. The van der Waals surface area contributed by atoms with Crippen LogP contribution in [0, 0.1) is 55.4 Å². The molecule has 4 nitrogen and oxygen atoms in total. The number of aromatic hydroxyl groups is 4. The average Bonchev–Trinajstić information content (AvgIpc) is 2.91. The first-order chi connectivity index (χ1) is 19.4. The summed E-state index contributed by atoms with van der Waals surface area (Å²) >= 11 is 0. The van der Waals surface area contributed by atoms with Gasteiger partial charge in [0.25, 0.3) is 0 Å². The Hall–Kier alpha value is -3.92. The molecule has 4 aromatic rings. The summed E-state index contributed by atoms with van der Waals surface area (Å²) < 4.78 is 0. The third kappa shape index (κ3) is 6.92. The molecule has 4 N–H and O–H groups in total. The van der Waals surface area contributed by atoms with Crippen LogP contribution in [0.25, 0.3) is 0 Å². The molecule has 42 heavy (non-hydrogen) atoms. The first-order valence-corrected chi connectivity index (χ1v) is 14.6. The molecule has 0 bridgehead atoms. The molecule has 0 aliphatic rings. The lowest BCUT2D eigenvalue weighted by atomic mass is 9.76. The van der Waals surface area contributed by atoms with Crippen molar-refractivity contribution in [2.24, 2.45) is 0 Å². The number of phenolic OH excluding ortho intramolecular Hbond substituents is 4. The number of aryl methyl sites for hydroxylation is 8. The van der Waals surface area contributed by atoms with Crippen molar-refractivity contribution in [3.8, 4) is 23.0 Å². The summed E-state index contributed by atoms with van der Waals surface area (Å²) in [5.74, 6) is 1.89. The number of hydrogen-bond donors (Lipinski definition) is 4. The molecule has 0 saturated heterocycles. The molecule has 0 radical (unpaired) electrons. The van der Waals surface area contributed by atoms with Gasteiger partial charge in [-0.05, 0) is 134 Å². The summed E-state index contributed by atoms with van der Waals surface area (Å²) in [7, 11) is 0. The van der Waals surface area contributed by atoms with E-state index >= 15 is 0 Å². The standard InChI is InChI=1S/2C19H24O2/c1-11-7-15(8-12(2)17(11)20)19(5,6)16-9-13(3)18(21)14(4)10-16;1-11(17-9-14(4)19(21)15(5)10-17)6-16-7-12(2)18(20)13(3)8-16/h7-10,20-21H,1-6H3;7-11,20-21H,6H2,1-5H3. The highest BCUT2D eigenvalue weighted by Crippen LogP contribution is 2.38. The molecule has 0 aromatic heterocycles. The minimum atomic E-state index is -0.188. The van der Waals surface area contributed by atoms with E-state index in [-0.39, 0.29) is 5.41 Å². The molecule has 0 spiro atoms. The van der Waals surface area contributed by atoms with E-state index < -0.39 is 0 Å². The van der Waals surface area contributed by atoms with Gasteiger partial charge in [0.15, 0.2) is 0 Å². The number of benzene rings is 4. The van der Waals surface area contributed by atoms with Crippen molar-refractivity contribution < 1.29 is 20.4 Å². The van der Waals surface area contributed by atoms with E-state index in [2.05, 4.69) is 45.0 Å². The summed E-state index contributed by atoms with van der Waals surface area (Å²) in [6, 6.07) is 16.4. The zero-order chi connectivity index (χ0) is 31.7. The van der Waals surface area contributed by atoms with E-state index in [9.17, 15) is 20.4 Å². The Morgan fingerprint density at radius 3 is 1.05 bits per heavy atom. The van der Waals surface area contributed by atoms with Crippen LogP contribution in [0.3, 0.4) is 0 Å². The van der Waals surface area contributed by atoms with Crippen LogP contribution >= 0.6 is 0 Å². The SMILES string of the molecule is Cc1cc(C(C)(C)c2cc(C)c(O)c(C)c2)cc(C)c1O.Cc1cc(CC(C)c2cc(C)c(O)c(C)c2)cc(C)c1O. The van der Waals surface area contributed by atoms with Gasteiger partial charge in [0.1, 0.15) is 23.0 Å². The second-order valence-electron chi connectivity index (χ2n) is 12.7. The van der Waals surface area contributed by atoms with Crippen LogP contribution in [0.15, 0.2) is 48.5 Å². The summed E-state index contributed by atoms with van der Waals surface area (Å²) in [4.78, 5) is 0. The van der Waals surface area contributed by atoms with Gasteiger partial charge in [0.05, 0.1) is 0 Å². The van der Waals surface area contributed by atoms with E-state index in [1.807, 2.05) is 79.7 Å². The van der Waals surface area contributed by atoms with Gasteiger partial charge in [-0.3, -0.25) is 0 Å². The lowest BCUT2D eigenvalue weighted by Gasteiger charge is -2.28. The zero-order valence-electron chi connectivity index (χ0n) is 27.2. The highest BCUT2D eigenvalue weighted by atomic mass is 16.3. The lowest BCUT2D eigenvalue weighted by molar-refractivity contribution is 0.464. The Bertz CT molecular complexity index is 1460. The average molecular weight is 569 g/mol. The molecule has 0 aliphatic carbocycles. The fourth-order valence-electron chi connectivity index (χ4n) is 5.71. The highest BCUT2D eigenvalue weighted by Gasteiger charge is 2.25. The summed E-state index contributed by atoms with van der Waals surface area (Å²) in [6.07, 6.45) is 0.922. The Labute approximate surface area is 252 Å². The quantitative estimate of drug-likeness (QED) is 0.193. The number of hydrogen-bond acceptors (Lipinski definition) is 4. The normalized spacial score (nSPS) is 12.1. The van der Waals surface area contributed by atoms with Crippen molar-refractivity contribution in [3.63, 3.8) is 0 Å². The minimum absolute atomic E-state index is 0.188. The molecule has 0 heterocycles. The molecule has 4 aromatic carbocycles. The molecule has 0 saturated carbocycles. The smallest absolute Gasteiger partial charge is 0.121 e. The minimum Gasteiger partial charge on any atom is -0.507 e. The van der Waals surface area contributed by atoms with Crippen LogP contribution in [-0.2, 0) is 11.8 Å². The van der Waals surface area contributed by atoms with Crippen molar-refractivity contribution in [2.75, 3.05) is 0 Å². The number of phenols is 4. The predicted octanol–water partition coefficient (Wildman–Crippen LogP) is 9.34. The molecular weight excluding hydrogens is 520 g/mol. The van der Waals surface area contributed by atoms with Crippen molar-refractivity contribution in [2.45, 2.75) is 93.9 Å². The van der Waals surface area contributed by atoms with Crippen molar-refractivity contribution in [1.29, 1.82) is 0 Å². The van der Waals surface area contributed by atoms with Crippen LogP contribution in [-0.4, -0.2) is 20.4 Å². The van der Waals surface area contributed by atoms with Gasteiger partial charge in [-0.2, -0.15) is 0 Å². The fourth-order valence-corrected chi connectivity index (χ4v) is 5.71. The zero-order valence-corrected chi connectivity index (χ0v) is 27.2. The van der Waals surface area contributed by atoms with Gasteiger partial charge < -0.3 is 20.4 Å². The monoisotopic (exact) mass is 568 g/mol. The maximum atomic E-state index is 9.96. The number of rotatable bonds is 5. The Morgan fingerprint density at radius 2 is 0.738 bits per heavy atom. The predicted molar refractivity (Wildman–Crippen MR) is 175 cm³/mol. The second kappa shape index (κ2) is 12.5. The highest BCUT2D eigenvalue weighted by molar-refractivity contribution is 5.51. The Balaban J connectivity index is 0.000000230. The van der Waals surface area contributed by atoms with Crippen molar-refractivity contribution in [3.05, 3.63) is 115 Å². The maximum absolute atomic E-state index is 9.96. The molecule has 4 heteroatoms. The first-order valence-electron chi connectivity index (χ1n) is 14.6. The molecule has 0 aliphatic heterocycles. The molecule has 4 rings (SSSR count). The Kier molecular flexibility index (Phi) is 9.72. The van der Waals surface area contributed by atoms with Crippen LogP contribution in [0.1, 0.15) is 93.5 Å². The maximum Gasteiger partial charge on any atom is 0.121 e. The van der Waals surface area contributed by atoms with E-state index in [1.165, 1.54) is 22.3 Å². The largest absolute Gasteiger partial charge is 0.507 e. The molecule has 1 unspecified atom stereocenters. The van der Waals surface area contributed by atoms with Gasteiger partial charge in [0, 0.05) is 5.41 Å². The van der Waals surface area contributed by atoms with Crippen molar-refractivity contribution >= 4 is 0 Å². The second-order valence-corrected chi connectivity index (χ2v) is 12.7. The summed E-state index contributed by atoms with van der Waals surface area (Å²) in [5.41, 5.74) is 11.9. The first kappa shape index (κ1) is 32.6. The van der Waals surface area contributed by atoms with E-state index in [0.29, 0.717) is 28.9 Å². The van der Waals surface area contributed by atoms with Crippen molar-refractivity contribution in [1.82, 2.24) is 0 Å². The van der Waals surface area contributed by atoms with Gasteiger partial charge in [-0.15, -0.1) is 0 Å².